The van der Waals surface area contributed by atoms with Gasteiger partial charge in [0.1, 0.15) is 11.8 Å². The Morgan fingerprint density at radius 3 is 2.64 bits per heavy atom. The van der Waals surface area contributed by atoms with Crippen LogP contribution in [0.4, 0.5) is 11.5 Å². The van der Waals surface area contributed by atoms with E-state index in [1.165, 1.54) is 6.33 Å². The molecule has 3 N–H and O–H groups in total. The molecular formula is C16H15N5O. The lowest BCUT2D eigenvalue weighted by Gasteiger charge is -2.05. The van der Waals surface area contributed by atoms with E-state index >= 15 is 0 Å². The lowest BCUT2D eigenvalue weighted by Crippen LogP contribution is -2.11. The number of aromatic nitrogens is 3. The van der Waals surface area contributed by atoms with E-state index in [1.54, 1.807) is 11.4 Å². The Morgan fingerprint density at radius 2 is 2.00 bits per heavy atom. The van der Waals surface area contributed by atoms with Crippen molar-refractivity contribution < 1.29 is 4.79 Å². The molecule has 3 rings (SSSR count). The Morgan fingerprint density at radius 1 is 1.27 bits per heavy atom. The molecule has 1 amide bonds. The van der Waals surface area contributed by atoms with Crippen LogP contribution in [-0.2, 0) is 4.79 Å². The third kappa shape index (κ3) is 2.54. The summed E-state index contributed by atoms with van der Waals surface area (Å²) in [7, 11) is 0. The molecule has 0 bridgehead atoms. The molecule has 0 unspecified atom stereocenters. The van der Waals surface area contributed by atoms with Gasteiger partial charge in [-0.2, -0.15) is 5.10 Å². The van der Waals surface area contributed by atoms with Gasteiger partial charge in [0, 0.05) is 23.0 Å². The Hall–Kier alpha value is -3.15. The van der Waals surface area contributed by atoms with Gasteiger partial charge in [0.25, 0.3) is 5.91 Å². The summed E-state index contributed by atoms with van der Waals surface area (Å²) >= 11 is 0. The van der Waals surface area contributed by atoms with Crippen LogP contribution in [0.15, 0.2) is 55.0 Å². The van der Waals surface area contributed by atoms with Crippen molar-refractivity contribution in [2.75, 3.05) is 11.1 Å². The van der Waals surface area contributed by atoms with Crippen molar-refractivity contribution in [3.63, 3.8) is 0 Å². The second kappa shape index (κ2) is 5.33. The van der Waals surface area contributed by atoms with Crippen molar-refractivity contribution in [1.82, 2.24) is 14.6 Å². The number of nitrogens with one attached hydrogen (secondary N) is 1. The molecule has 0 spiro atoms. The molecule has 2 aromatic heterocycles. The number of nitrogens with zero attached hydrogens (tertiary/aromatic N) is 3. The number of nitrogens with two attached hydrogens (primary N) is 1. The predicted molar refractivity (Wildman–Crippen MR) is 86.3 cm³/mol. The molecule has 0 fully saturated rings. The van der Waals surface area contributed by atoms with Crippen LogP contribution in [0.1, 0.15) is 6.92 Å². The van der Waals surface area contributed by atoms with Crippen LogP contribution in [0.2, 0.25) is 0 Å². The lowest BCUT2D eigenvalue weighted by atomic mass is 10.1. The zero-order valence-corrected chi connectivity index (χ0v) is 12.1. The molecule has 3 aromatic rings. The topological polar surface area (TPSA) is 85.3 Å². The molecule has 0 saturated heterocycles. The Bertz CT molecular complexity index is 864. The van der Waals surface area contributed by atoms with Gasteiger partial charge < -0.3 is 11.1 Å². The summed E-state index contributed by atoms with van der Waals surface area (Å²) in [6, 6.07) is 9.46. The highest BCUT2D eigenvalue weighted by molar-refractivity contribution is 6.02. The van der Waals surface area contributed by atoms with Gasteiger partial charge in [-0.1, -0.05) is 18.7 Å². The summed E-state index contributed by atoms with van der Waals surface area (Å²) in [6.07, 6.45) is 3.30. The number of rotatable bonds is 3. The minimum Gasteiger partial charge on any atom is -0.382 e. The summed E-state index contributed by atoms with van der Waals surface area (Å²) in [5.41, 5.74) is 9.75. The van der Waals surface area contributed by atoms with Crippen LogP contribution in [-0.4, -0.2) is 20.5 Å². The fraction of sp³-hybridized carbons (Fsp3) is 0.0625. The summed E-state index contributed by atoms with van der Waals surface area (Å²) in [6.45, 7) is 5.28. The van der Waals surface area contributed by atoms with Crippen LogP contribution in [0.25, 0.3) is 16.6 Å². The summed E-state index contributed by atoms with van der Waals surface area (Å²) in [5, 5.41) is 6.89. The number of carbonyl (C=O) groups is 1. The van der Waals surface area contributed by atoms with E-state index in [-0.39, 0.29) is 5.91 Å². The van der Waals surface area contributed by atoms with Crippen molar-refractivity contribution in [3.05, 3.63) is 55.0 Å². The molecule has 0 aliphatic heterocycles. The molecule has 110 valence electrons. The molecule has 6 nitrogen and oxygen atoms in total. The van der Waals surface area contributed by atoms with Gasteiger partial charge in [0.15, 0.2) is 5.82 Å². The van der Waals surface area contributed by atoms with E-state index in [4.69, 9.17) is 5.73 Å². The molecule has 6 heteroatoms. The van der Waals surface area contributed by atoms with Crippen molar-refractivity contribution in [2.24, 2.45) is 0 Å². The first-order valence-electron chi connectivity index (χ1n) is 6.71. The molecule has 2 heterocycles. The summed E-state index contributed by atoms with van der Waals surface area (Å²) in [4.78, 5) is 15.5. The maximum Gasteiger partial charge on any atom is 0.250 e. The number of anilines is 2. The molecule has 0 saturated carbocycles. The number of nitrogen functional groups attached to an aromatic ring is 1. The minimum absolute atomic E-state index is 0.189. The Balaban J connectivity index is 1.90. The first-order valence-corrected chi connectivity index (χ1v) is 6.71. The highest BCUT2D eigenvalue weighted by Crippen LogP contribution is 2.25. The highest BCUT2D eigenvalue weighted by Gasteiger charge is 2.07. The average molecular weight is 293 g/mol. The smallest absolute Gasteiger partial charge is 0.250 e. The van der Waals surface area contributed by atoms with Gasteiger partial charge >= 0.3 is 0 Å². The number of hydrogen-bond donors (Lipinski definition) is 2. The van der Waals surface area contributed by atoms with Gasteiger partial charge in [-0.05, 0) is 30.7 Å². The van der Waals surface area contributed by atoms with Crippen LogP contribution in [0.5, 0.6) is 0 Å². The molecule has 0 aliphatic carbocycles. The quantitative estimate of drug-likeness (QED) is 0.726. The molecule has 22 heavy (non-hydrogen) atoms. The Labute approximate surface area is 127 Å². The van der Waals surface area contributed by atoms with Gasteiger partial charge in [0.2, 0.25) is 0 Å². The number of hydrogen-bond acceptors (Lipinski definition) is 4. The maximum absolute atomic E-state index is 11.6. The summed E-state index contributed by atoms with van der Waals surface area (Å²) < 4.78 is 1.69. The van der Waals surface area contributed by atoms with E-state index in [2.05, 4.69) is 22.0 Å². The molecule has 0 atom stereocenters. The molecule has 0 aliphatic rings. The number of benzene rings is 1. The maximum atomic E-state index is 11.6. The second-order valence-electron chi connectivity index (χ2n) is 5.02. The number of amides is 1. The Kier molecular flexibility index (Phi) is 3.34. The number of fused-ring (bicyclic) bond motifs is 1. The minimum atomic E-state index is -0.189. The van der Waals surface area contributed by atoms with E-state index in [1.807, 2.05) is 36.5 Å². The molecular weight excluding hydrogens is 278 g/mol. The van der Waals surface area contributed by atoms with Gasteiger partial charge in [-0.25, -0.2) is 9.50 Å². The van der Waals surface area contributed by atoms with Crippen molar-refractivity contribution in [3.8, 4) is 11.1 Å². The zero-order valence-electron chi connectivity index (χ0n) is 12.1. The van der Waals surface area contributed by atoms with Gasteiger partial charge in [0.05, 0.1) is 0 Å². The third-order valence-electron chi connectivity index (χ3n) is 3.30. The first-order chi connectivity index (χ1) is 10.5. The molecule has 0 radical (unpaired) electrons. The van der Waals surface area contributed by atoms with Crippen molar-refractivity contribution in [2.45, 2.75) is 6.92 Å². The fourth-order valence-electron chi connectivity index (χ4n) is 2.09. The monoisotopic (exact) mass is 293 g/mol. The van der Waals surface area contributed by atoms with E-state index < -0.39 is 0 Å². The van der Waals surface area contributed by atoms with Crippen LogP contribution in [0, 0.1) is 0 Å². The highest BCUT2D eigenvalue weighted by atomic mass is 16.1. The van der Waals surface area contributed by atoms with Crippen LogP contribution in [0.3, 0.4) is 0 Å². The van der Waals surface area contributed by atoms with Crippen LogP contribution >= 0.6 is 0 Å². The van der Waals surface area contributed by atoms with Gasteiger partial charge in [-0.3, -0.25) is 4.79 Å². The van der Waals surface area contributed by atoms with Crippen molar-refractivity contribution >= 4 is 22.9 Å². The van der Waals surface area contributed by atoms with E-state index in [9.17, 15) is 4.79 Å². The zero-order chi connectivity index (χ0) is 15.7. The SMILES string of the molecule is C=C(C)C(=O)Nc1ccc(-c2cc3c(N)ncnn3c2)cc1. The fourth-order valence-corrected chi connectivity index (χ4v) is 2.09. The van der Waals surface area contributed by atoms with E-state index in [0.29, 0.717) is 11.4 Å². The van der Waals surface area contributed by atoms with Crippen LogP contribution < -0.4 is 11.1 Å². The second-order valence-corrected chi connectivity index (χ2v) is 5.02. The average Bonchev–Trinajstić information content (AvgIpc) is 2.93. The van der Waals surface area contributed by atoms with E-state index in [0.717, 1.165) is 22.3 Å². The van der Waals surface area contributed by atoms with Gasteiger partial charge in [-0.15, -0.1) is 0 Å². The lowest BCUT2D eigenvalue weighted by molar-refractivity contribution is -0.112. The van der Waals surface area contributed by atoms with Crippen molar-refractivity contribution in [1.29, 1.82) is 0 Å². The normalized spacial score (nSPS) is 10.6. The predicted octanol–water partition coefficient (Wildman–Crippen LogP) is 2.49. The summed E-state index contributed by atoms with van der Waals surface area (Å²) in [5.74, 6) is 0.247. The molecule has 1 aromatic carbocycles. The standard InChI is InChI=1S/C16H15N5O/c1-10(2)16(22)20-13-5-3-11(4-6-13)12-7-14-15(17)18-9-19-21(14)8-12/h3-9H,1H2,2H3,(H,20,22)(H2,17,18,19). The largest absolute Gasteiger partial charge is 0.382 e. The first kappa shape index (κ1) is 13.8. The third-order valence-corrected chi connectivity index (χ3v) is 3.30. The number of carbonyl (C=O) groups excluding carboxylic acids is 1.